The molecule has 0 aliphatic heterocycles. The van der Waals surface area contributed by atoms with Crippen LogP contribution in [0.1, 0.15) is 30.8 Å². The molecule has 0 spiro atoms. The fourth-order valence-electron chi connectivity index (χ4n) is 1.72. The van der Waals surface area contributed by atoms with Crippen LogP contribution < -0.4 is 11.1 Å². The minimum atomic E-state index is -0.179. The van der Waals surface area contributed by atoms with Crippen LogP contribution in [-0.4, -0.2) is 16.9 Å². The van der Waals surface area contributed by atoms with Crippen molar-refractivity contribution in [1.82, 2.24) is 10.3 Å². The van der Waals surface area contributed by atoms with E-state index in [2.05, 4.69) is 10.3 Å². The summed E-state index contributed by atoms with van der Waals surface area (Å²) >= 11 is 0. The molecule has 4 heteroatoms. The SMILES string of the molecule is CCC(C)NC(=O)c1cc(N)c2ccccc2n1. The standard InChI is InChI=1S/C14H17N3O/c1-3-9(2)16-14(18)13-8-11(15)10-6-4-5-7-12(10)17-13/h4-9H,3H2,1-2H3,(H2,15,17)(H,16,18). The quantitative estimate of drug-likeness (QED) is 0.869. The number of amides is 1. The molecular weight excluding hydrogens is 226 g/mol. The minimum absolute atomic E-state index is 0.131. The maximum Gasteiger partial charge on any atom is 0.270 e. The summed E-state index contributed by atoms with van der Waals surface area (Å²) in [6.07, 6.45) is 0.884. The third kappa shape index (κ3) is 2.42. The number of benzene rings is 1. The van der Waals surface area contributed by atoms with Gasteiger partial charge in [0, 0.05) is 17.1 Å². The van der Waals surface area contributed by atoms with E-state index < -0.39 is 0 Å². The molecule has 1 aromatic heterocycles. The van der Waals surface area contributed by atoms with Crippen LogP contribution in [0.5, 0.6) is 0 Å². The van der Waals surface area contributed by atoms with Crippen LogP contribution in [0, 0.1) is 0 Å². The molecule has 0 saturated heterocycles. The van der Waals surface area contributed by atoms with Crippen LogP contribution in [0.15, 0.2) is 30.3 Å². The zero-order valence-electron chi connectivity index (χ0n) is 10.6. The Morgan fingerprint density at radius 2 is 2.17 bits per heavy atom. The number of hydrogen-bond donors (Lipinski definition) is 2. The van der Waals surface area contributed by atoms with Crippen LogP contribution in [0.2, 0.25) is 0 Å². The number of carbonyl (C=O) groups is 1. The Hall–Kier alpha value is -2.10. The fraction of sp³-hybridized carbons (Fsp3) is 0.286. The molecule has 4 nitrogen and oxygen atoms in total. The predicted molar refractivity (Wildman–Crippen MR) is 73.4 cm³/mol. The van der Waals surface area contributed by atoms with Gasteiger partial charge in [0.05, 0.1) is 5.52 Å². The summed E-state index contributed by atoms with van der Waals surface area (Å²) in [4.78, 5) is 16.3. The molecule has 2 rings (SSSR count). The van der Waals surface area contributed by atoms with Gasteiger partial charge in [0.1, 0.15) is 5.69 Å². The maximum absolute atomic E-state index is 12.0. The first kappa shape index (κ1) is 12.4. The van der Waals surface area contributed by atoms with Gasteiger partial charge in [-0.2, -0.15) is 0 Å². The van der Waals surface area contributed by atoms with E-state index in [1.54, 1.807) is 6.07 Å². The van der Waals surface area contributed by atoms with E-state index in [-0.39, 0.29) is 11.9 Å². The van der Waals surface area contributed by atoms with Gasteiger partial charge in [-0.25, -0.2) is 4.98 Å². The highest BCUT2D eigenvalue weighted by molar-refractivity contribution is 5.99. The molecule has 3 N–H and O–H groups in total. The van der Waals surface area contributed by atoms with Gasteiger partial charge < -0.3 is 11.1 Å². The number of rotatable bonds is 3. The zero-order valence-corrected chi connectivity index (χ0v) is 10.6. The average Bonchev–Trinajstić information content (AvgIpc) is 2.38. The number of hydrogen-bond acceptors (Lipinski definition) is 3. The van der Waals surface area contributed by atoms with Crippen LogP contribution in [0.3, 0.4) is 0 Å². The van der Waals surface area contributed by atoms with Crippen LogP contribution >= 0.6 is 0 Å². The number of anilines is 1. The fourth-order valence-corrected chi connectivity index (χ4v) is 1.72. The van der Waals surface area contributed by atoms with Crippen molar-refractivity contribution in [3.63, 3.8) is 0 Å². The van der Waals surface area contributed by atoms with Gasteiger partial charge in [0.15, 0.2) is 0 Å². The zero-order chi connectivity index (χ0) is 13.1. The summed E-state index contributed by atoms with van der Waals surface area (Å²) in [5.41, 5.74) is 7.63. The predicted octanol–water partition coefficient (Wildman–Crippen LogP) is 2.35. The van der Waals surface area contributed by atoms with E-state index in [4.69, 9.17) is 5.73 Å². The van der Waals surface area contributed by atoms with Gasteiger partial charge >= 0.3 is 0 Å². The van der Waals surface area contributed by atoms with Gasteiger partial charge in [-0.1, -0.05) is 25.1 Å². The molecule has 0 fully saturated rings. The van der Waals surface area contributed by atoms with Gasteiger partial charge in [0.25, 0.3) is 5.91 Å². The second-order valence-corrected chi connectivity index (χ2v) is 4.40. The summed E-state index contributed by atoms with van der Waals surface area (Å²) in [6, 6.07) is 9.29. The monoisotopic (exact) mass is 243 g/mol. The summed E-state index contributed by atoms with van der Waals surface area (Å²) in [5, 5.41) is 3.75. The Bertz CT molecular complexity index is 580. The van der Waals surface area contributed by atoms with E-state index in [0.29, 0.717) is 11.4 Å². The van der Waals surface area contributed by atoms with E-state index in [0.717, 1.165) is 17.3 Å². The van der Waals surface area contributed by atoms with Crippen LogP contribution in [0.4, 0.5) is 5.69 Å². The normalized spacial score (nSPS) is 12.3. The Labute approximate surface area is 106 Å². The Balaban J connectivity index is 2.37. The van der Waals surface area contributed by atoms with Crippen molar-refractivity contribution < 1.29 is 4.79 Å². The van der Waals surface area contributed by atoms with Crippen molar-refractivity contribution in [1.29, 1.82) is 0 Å². The van der Waals surface area contributed by atoms with Gasteiger partial charge in [0.2, 0.25) is 0 Å². The molecule has 0 aliphatic rings. The lowest BCUT2D eigenvalue weighted by Gasteiger charge is -2.11. The van der Waals surface area contributed by atoms with Crippen LogP contribution in [-0.2, 0) is 0 Å². The Kier molecular flexibility index (Phi) is 3.46. The number of pyridine rings is 1. The largest absolute Gasteiger partial charge is 0.398 e. The number of aromatic nitrogens is 1. The minimum Gasteiger partial charge on any atom is -0.398 e. The van der Waals surface area contributed by atoms with E-state index in [1.807, 2.05) is 38.1 Å². The van der Waals surface area contributed by atoms with Crippen molar-refractivity contribution in [2.75, 3.05) is 5.73 Å². The topological polar surface area (TPSA) is 68.0 Å². The van der Waals surface area contributed by atoms with Crippen molar-refractivity contribution in [2.24, 2.45) is 0 Å². The van der Waals surface area contributed by atoms with Crippen molar-refractivity contribution >= 4 is 22.5 Å². The number of fused-ring (bicyclic) bond motifs is 1. The molecule has 0 radical (unpaired) electrons. The smallest absolute Gasteiger partial charge is 0.270 e. The highest BCUT2D eigenvalue weighted by Gasteiger charge is 2.12. The van der Waals surface area contributed by atoms with Gasteiger partial charge in [-0.05, 0) is 25.5 Å². The molecule has 1 atom stereocenters. The molecule has 1 aromatic carbocycles. The molecule has 0 saturated carbocycles. The number of para-hydroxylation sites is 1. The number of carbonyl (C=O) groups excluding carboxylic acids is 1. The third-order valence-corrected chi connectivity index (χ3v) is 2.97. The molecule has 0 bridgehead atoms. The first-order valence-electron chi connectivity index (χ1n) is 6.08. The molecule has 0 aliphatic carbocycles. The molecule has 94 valence electrons. The van der Waals surface area contributed by atoms with Gasteiger partial charge in [-0.15, -0.1) is 0 Å². The molecule has 1 heterocycles. The molecule has 18 heavy (non-hydrogen) atoms. The second kappa shape index (κ2) is 5.04. The lowest BCUT2D eigenvalue weighted by Crippen LogP contribution is -2.32. The summed E-state index contributed by atoms with van der Waals surface area (Å²) < 4.78 is 0. The van der Waals surface area contributed by atoms with E-state index in [9.17, 15) is 4.79 Å². The van der Waals surface area contributed by atoms with Crippen molar-refractivity contribution in [3.8, 4) is 0 Å². The summed E-state index contributed by atoms with van der Waals surface area (Å²) in [6.45, 7) is 3.98. The first-order chi connectivity index (χ1) is 8.61. The summed E-state index contributed by atoms with van der Waals surface area (Å²) in [7, 11) is 0. The van der Waals surface area contributed by atoms with Crippen molar-refractivity contribution in [2.45, 2.75) is 26.3 Å². The Morgan fingerprint density at radius 1 is 1.44 bits per heavy atom. The number of nitrogen functional groups attached to an aromatic ring is 1. The molecular formula is C14H17N3O. The van der Waals surface area contributed by atoms with Crippen molar-refractivity contribution in [3.05, 3.63) is 36.0 Å². The first-order valence-corrected chi connectivity index (χ1v) is 6.08. The Morgan fingerprint density at radius 3 is 2.89 bits per heavy atom. The lowest BCUT2D eigenvalue weighted by atomic mass is 10.1. The molecule has 1 amide bonds. The van der Waals surface area contributed by atoms with Crippen LogP contribution in [0.25, 0.3) is 10.9 Å². The highest BCUT2D eigenvalue weighted by atomic mass is 16.1. The van der Waals surface area contributed by atoms with E-state index >= 15 is 0 Å². The number of nitrogens with one attached hydrogen (secondary N) is 1. The molecule has 2 aromatic rings. The number of nitrogens with two attached hydrogens (primary N) is 1. The highest BCUT2D eigenvalue weighted by Crippen LogP contribution is 2.19. The van der Waals surface area contributed by atoms with Gasteiger partial charge in [-0.3, -0.25) is 4.79 Å². The van der Waals surface area contributed by atoms with E-state index in [1.165, 1.54) is 0 Å². The average molecular weight is 243 g/mol. The number of nitrogens with zero attached hydrogens (tertiary/aromatic N) is 1. The molecule has 1 unspecified atom stereocenters. The third-order valence-electron chi connectivity index (χ3n) is 2.97. The second-order valence-electron chi connectivity index (χ2n) is 4.40. The summed E-state index contributed by atoms with van der Waals surface area (Å²) in [5.74, 6) is -0.179. The maximum atomic E-state index is 12.0. The lowest BCUT2D eigenvalue weighted by molar-refractivity contribution is 0.0934.